The zero-order valence-corrected chi connectivity index (χ0v) is 16.2. The maximum atomic E-state index is 10.8. The molecule has 0 aromatic heterocycles. The second-order valence-electron chi connectivity index (χ2n) is 8.65. The van der Waals surface area contributed by atoms with Crippen LogP contribution in [0.1, 0.15) is 74.1 Å². The predicted octanol–water partition coefficient (Wildman–Crippen LogP) is 5.79. The lowest BCUT2D eigenvalue weighted by molar-refractivity contribution is 0.191. The highest BCUT2D eigenvalue weighted by atomic mass is 16.5. The van der Waals surface area contributed by atoms with Crippen molar-refractivity contribution in [3.8, 4) is 0 Å². The van der Waals surface area contributed by atoms with E-state index in [4.69, 9.17) is 4.74 Å². The average Bonchev–Trinajstić information content (AvgIpc) is 2.41. The molecule has 0 saturated carbocycles. The molecule has 0 aliphatic heterocycles. The molecule has 0 spiro atoms. The Morgan fingerprint density at radius 1 is 0.957 bits per heavy atom. The molecule has 0 saturated heterocycles. The average molecular weight is 321 g/mol. The molecule has 0 aromatic carbocycles. The molecule has 0 radical (unpaired) electrons. The second kappa shape index (κ2) is 8.19. The van der Waals surface area contributed by atoms with Gasteiger partial charge in [-0.2, -0.15) is 0 Å². The number of aliphatic hydroxyl groups is 1. The number of hydrogen-bond acceptors (Lipinski definition) is 2. The number of aliphatic hydroxyl groups excluding tert-OH is 1. The lowest BCUT2D eigenvalue weighted by atomic mass is 9.71. The van der Waals surface area contributed by atoms with Gasteiger partial charge in [-0.3, -0.25) is 0 Å². The maximum absolute atomic E-state index is 10.8. The summed E-state index contributed by atoms with van der Waals surface area (Å²) in [7, 11) is 0. The summed E-state index contributed by atoms with van der Waals surface area (Å²) < 4.78 is 5.74. The Labute approximate surface area is 143 Å². The van der Waals surface area contributed by atoms with Crippen molar-refractivity contribution in [1.82, 2.24) is 0 Å². The van der Waals surface area contributed by atoms with Crippen molar-refractivity contribution in [2.24, 2.45) is 10.8 Å². The first-order valence-corrected chi connectivity index (χ1v) is 9.01. The quantitative estimate of drug-likeness (QED) is 0.496. The van der Waals surface area contributed by atoms with Gasteiger partial charge in [0.15, 0.2) is 0 Å². The van der Waals surface area contributed by atoms with E-state index in [2.05, 4.69) is 60.6 Å². The van der Waals surface area contributed by atoms with Crippen LogP contribution in [-0.2, 0) is 4.74 Å². The van der Waals surface area contributed by atoms with Crippen LogP contribution in [0.2, 0.25) is 0 Å². The third-order valence-corrected chi connectivity index (χ3v) is 4.30. The number of unbranched alkanes of at least 4 members (excludes halogenated alkanes) is 3. The monoisotopic (exact) mass is 320 g/mol. The van der Waals surface area contributed by atoms with Crippen LogP contribution in [0.4, 0.5) is 0 Å². The minimum atomic E-state index is -0.503. The summed E-state index contributed by atoms with van der Waals surface area (Å²) in [6.07, 6.45) is 10.4. The molecule has 0 bridgehead atoms. The Morgan fingerprint density at radius 3 is 1.91 bits per heavy atom. The normalized spacial score (nSPS) is 19.3. The Balaban J connectivity index is 2.90. The summed E-state index contributed by atoms with van der Waals surface area (Å²) in [4.78, 5) is 0. The molecule has 0 heterocycles. The van der Waals surface area contributed by atoms with Crippen molar-refractivity contribution >= 4 is 0 Å². The predicted molar refractivity (Wildman–Crippen MR) is 99.3 cm³/mol. The van der Waals surface area contributed by atoms with Gasteiger partial charge in [0.25, 0.3) is 0 Å². The SMILES string of the molecule is CCCCCCOC=C1C=C(C(C)(C)C)C(O)C(C(C)(C)C)=C1. The van der Waals surface area contributed by atoms with Crippen LogP contribution in [0, 0.1) is 10.8 Å². The molecule has 2 nitrogen and oxygen atoms in total. The van der Waals surface area contributed by atoms with E-state index in [1.807, 2.05) is 6.26 Å². The van der Waals surface area contributed by atoms with Gasteiger partial charge in [0.1, 0.15) is 0 Å². The van der Waals surface area contributed by atoms with Gasteiger partial charge in [0.2, 0.25) is 0 Å². The van der Waals surface area contributed by atoms with Gasteiger partial charge in [-0.05, 0) is 40.5 Å². The Hall–Kier alpha value is -1.02. The second-order valence-corrected chi connectivity index (χ2v) is 8.65. The van der Waals surface area contributed by atoms with E-state index in [1.165, 1.54) is 19.3 Å². The molecule has 1 aliphatic carbocycles. The van der Waals surface area contributed by atoms with Gasteiger partial charge < -0.3 is 9.84 Å². The van der Waals surface area contributed by atoms with E-state index in [1.54, 1.807) is 0 Å². The Morgan fingerprint density at radius 2 is 1.48 bits per heavy atom. The zero-order chi connectivity index (χ0) is 17.7. The van der Waals surface area contributed by atoms with E-state index < -0.39 is 6.10 Å². The van der Waals surface area contributed by atoms with Crippen molar-refractivity contribution in [2.45, 2.75) is 80.3 Å². The van der Waals surface area contributed by atoms with Crippen LogP contribution < -0.4 is 0 Å². The van der Waals surface area contributed by atoms with Gasteiger partial charge in [0.05, 0.1) is 19.0 Å². The Bertz CT molecular complexity index is 433. The fourth-order valence-electron chi connectivity index (χ4n) is 2.81. The van der Waals surface area contributed by atoms with Crippen molar-refractivity contribution in [1.29, 1.82) is 0 Å². The third-order valence-electron chi connectivity index (χ3n) is 4.30. The van der Waals surface area contributed by atoms with Crippen LogP contribution in [0.5, 0.6) is 0 Å². The van der Waals surface area contributed by atoms with Crippen molar-refractivity contribution < 1.29 is 9.84 Å². The number of allylic oxidation sites excluding steroid dienone is 3. The van der Waals surface area contributed by atoms with Gasteiger partial charge in [-0.15, -0.1) is 0 Å². The Kier molecular flexibility index (Phi) is 7.13. The van der Waals surface area contributed by atoms with Gasteiger partial charge in [0, 0.05) is 5.57 Å². The minimum absolute atomic E-state index is 0.0651. The molecule has 1 aliphatic rings. The van der Waals surface area contributed by atoms with Gasteiger partial charge in [-0.1, -0.05) is 67.7 Å². The fourth-order valence-corrected chi connectivity index (χ4v) is 2.81. The molecular weight excluding hydrogens is 284 g/mol. The molecule has 0 fully saturated rings. The summed E-state index contributed by atoms with van der Waals surface area (Å²) in [6, 6.07) is 0. The van der Waals surface area contributed by atoms with E-state index in [9.17, 15) is 5.11 Å². The minimum Gasteiger partial charge on any atom is -0.501 e. The first-order valence-electron chi connectivity index (χ1n) is 9.01. The summed E-state index contributed by atoms with van der Waals surface area (Å²) in [5.41, 5.74) is 3.05. The highest BCUT2D eigenvalue weighted by Gasteiger charge is 2.34. The highest BCUT2D eigenvalue weighted by molar-refractivity contribution is 5.48. The molecule has 0 amide bonds. The van der Waals surface area contributed by atoms with Gasteiger partial charge >= 0.3 is 0 Å². The molecule has 0 atom stereocenters. The molecular formula is C21H36O2. The third kappa shape index (κ3) is 6.18. The number of ether oxygens (including phenoxy) is 1. The smallest absolute Gasteiger partial charge is 0.0977 e. The van der Waals surface area contributed by atoms with Crippen LogP contribution in [-0.4, -0.2) is 17.8 Å². The molecule has 23 heavy (non-hydrogen) atoms. The molecule has 0 unspecified atom stereocenters. The maximum Gasteiger partial charge on any atom is 0.0977 e. The van der Waals surface area contributed by atoms with Crippen molar-refractivity contribution in [3.05, 3.63) is 35.1 Å². The lowest BCUT2D eigenvalue weighted by Gasteiger charge is -2.37. The van der Waals surface area contributed by atoms with Crippen LogP contribution in [0.25, 0.3) is 0 Å². The fraction of sp³-hybridized carbons (Fsp3) is 0.714. The molecule has 1 N–H and O–H groups in total. The summed E-state index contributed by atoms with van der Waals surface area (Å²) in [5.74, 6) is 0. The summed E-state index contributed by atoms with van der Waals surface area (Å²) in [6.45, 7) is 15.9. The van der Waals surface area contributed by atoms with Crippen LogP contribution >= 0.6 is 0 Å². The highest BCUT2D eigenvalue weighted by Crippen LogP contribution is 2.41. The van der Waals surface area contributed by atoms with Gasteiger partial charge in [-0.25, -0.2) is 0 Å². The van der Waals surface area contributed by atoms with E-state index >= 15 is 0 Å². The van der Waals surface area contributed by atoms with Crippen molar-refractivity contribution in [2.75, 3.05) is 6.61 Å². The first kappa shape index (κ1) is 20.0. The largest absolute Gasteiger partial charge is 0.501 e. The molecule has 0 aromatic rings. The lowest BCUT2D eigenvalue weighted by Crippen LogP contribution is -2.31. The van der Waals surface area contributed by atoms with Crippen molar-refractivity contribution in [3.63, 3.8) is 0 Å². The molecule has 2 heteroatoms. The van der Waals surface area contributed by atoms with E-state index in [0.717, 1.165) is 29.7 Å². The number of rotatable bonds is 6. The van der Waals surface area contributed by atoms with E-state index in [-0.39, 0.29) is 10.8 Å². The zero-order valence-electron chi connectivity index (χ0n) is 16.2. The summed E-state index contributed by atoms with van der Waals surface area (Å²) >= 11 is 0. The number of hydrogen-bond donors (Lipinski definition) is 1. The molecule has 1 rings (SSSR count). The summed E-state index contributed by atoms with van der Waals surface area (Å²) in [5, 5.41) is 10.8. The molecule has 132 valence electrons. The van der Waals surface area contributed by atoms with E-state index in [0.29, 0.717) is 0 Å². The first-order chi connectivity index (χ1) is 10.6. The van der Waals surface area contributed by atoms with Crippen LogP contribution in [0.3, 0.4) is 0 Å². The van der Waals surface area contributed by atoms with Crippen LogP contribution in [0.15, 0.2) is 35.1 Å². The standard InChI is InChI=1S/C21H36O2/c1-8-9-10-11-12-23-15-16-13-17(20(2,3)4)19(22)18(14-16)21(5,6)7/h13-15,19,22H,8-12H2,1-7H3. The topological polar surface area (TPSA) is 29.5 Å².